The van der Waals surface area contributed by atoms with Crippen LogP contribution in [-0.4, -0.2) is 34.9 Å². The number of thiazole rings is 1. The number of hydrogen-bond acceptors (Lipinski definition) is 6. The minimum Gasteiger partial charge on any atom is -0.497 e. The van der Waals surface area contributed by atoms with E-state index >= 15 is 0 Å². The number of carbonyl (C=O) groups excluding carboxylic acids is 1. The Bertz CT molecular complexity index is 1320. The van der Waals surface area contributed by atoms with Gasteiger partial charge in [-0.05, 0) is 49.7 Å². The Balaban J connectivity index is 1.68. The zero-order valence-corrected chi connectivity index (χ0v) is 18.5. The first-order valence-corrected chi connectivity index (χ1v) is 10.8. The van der Waals surface area contributed by atoms with Gasteiger partial charge in [0.1, 0.15) is 17.3 Å². The molecule has 0 unspecified atom stereocenters. The molecule has 8 heteroatoms. The molecule has 1 aliphatic rings. The lowest BCUT2D eigenvalue weighted by molar-refractivity contribution is -0.116. The molecule has 158 valence electrons. The third kappa shape index (κ3) is 3.23. The van der Waals surface area contributed by atoms with E-state index in [9.17, 15) is 4.79 Å². The van der Waals surface area contributed by atoms with Crippen molar-refractivity contribution in [1.29, 1.82) is 0 Å². The van der Waals surface area contributed by atoms with E-state index in [0.717, 1.165) is 37.9 Å². The molecule has 1 amide bonds. The molecule has 2 aromatic heterocycles. The van der Waals surface area contributed by atoms with E-state index in [4.69, 9.17) is 19.6 Å². The van der Waals surface area contributed by atoms with Crippen molar-refractivity contribution in [2.75, 3.05) is 19.5 Å². The second-order valence-corrected chi connectivity index (χ2v) is 8.65. The summed E-state index contributed by atoms with van der Waals surface area (Å²) in [6.07, 6.45) is 0.308. The van der Waals surface area contributed by atoms with Crippen molar-refractivity contribution in [2.24, 2.45) is 0 Å². The van der Waals surface area contributed by atoms with Gasteiger partial charge in [0.15, 0.2) is 0 Å². The average molecular weight is 435 g/mol. The maximum atomic E-state index is 12.7. The average Bonchev–Trinajstić information content (AvgIpc) is 3.33. The highest BCUT2D eigenvalue weighted by Gasteiger charge is 2.35. The number of fused-ring (bicyclic) bond motifs is 2. The number of rotatable bonds is 4. The summed E-state index contributed by atoms with van der Waals surface area (Å²) in [7, 11) is 3.26. The molecule has 0 fully saturated rings. The molecule has 0 aliphatic carbocycles. The first-order valence-electron chi connectivity index (χ1n) is 9.97. The van der Waals surface area contributed by atoms with Gasteiger partial charge in [0.25, 0.3) is 0 Å². The molecule has 7 nitrogen and oxygen atoms in total. The SMILES string of the molecule is COc1ccc(OC)c([C@H]2CC(=O)Nc3c2c(C)nn3-c2nc3ccc(C)cc3s2)c1. The molecule has 0 saturated carbocycles. The van der Waals surface area contributed by atoms with Gasteiger partial charge in [-0.15, -0.1) is 0 Å². The molecule has 1 N–H and O–H groups in total. The molecule has 0 saturated heterocycles. The van der Waals surface area contributed by atoms with Gasteiger partial charge in [0, 0.05) is 23.5 Å². The Kier molecular flexibility index (Phi) is 4.66. The summed E-state index contributed by atoms with van der Waals surface area (Å²) in [4.78, 5) is 17.5. The predicted molar refractivity (Wildman–Crippen MR) is 121 cm³/mol. The first kappa shape index (κ1) is 19.6. The van der Waals surface area contributed by atoms with E-state index in [1.54, 1.807) is 30.2 Å². The van der Waals surface area contributed by atoms with Gasteiger partial charge in [-0.2, -0.15) is 9.78 Å². The number of aromatic nitrogens is 3. The highest BCUT2D eigenvalue weighted by molar-refractivity contribution is 7.20. The van der Waals surface area contributed by atoms with Gasteiger partial charge >= 0.3 is 0 Å². The van der Waals surface area contributed by atoms with Crippen molar-refractivity contribution in [3.8, 4) is 16.6 Å². The monoisotopic (exact) mass is 434 g/mol. The lowest BCUT2D eigenvalue weighted by Crippen LogP contribution is -2.25. The quantitative estimate of drug-likeness (QED) is 0.508. The van der Waals surface area contributed by atoms with E-state index < -0.39 is 0 Å². The summed E-state index contributed by atoms with van der Waals surface area (Å²) >= 11 is 1.56. The molecule has 3 heterocycles. The lowest BCUT2D eigenvalue weighted by Gasteiger charge is -2.25. The zero-order valence-electron chi connectivity index (χ0n) is 17.7. The molecule has 5 rings (SSSR count). The van der Waals surface area contributed by atoms with Gasteiger partial charge in [-0.1, -0.05) is 17.4 Å². The van der Waals surface area contributed by atoms with Crippen LogP contribution in [0.25, 0.3) is 15.3 Å². The fourth-order valence-corrected chi connectivity index (χ4v) is 5.20. The maximum absolute atomic E-state index is 12.7. The lowest BCUT2D eigenvalue weighted by atomic mass is 9.85. The number of benzene rings is 2. The van der Waals surface area contributed by atoms with Gasteiger partial charge in [0.2, 0.25) is 11.0 Å². The number of amides is 1. The number of carbonyl (C=O) groups is 1. The second kappa shape index (κ2) is 7.39. The van der Waals surface area contributed by atoms with Crippen molar-refractivity contribution in [1.82, 2.24) is 14.8 Å². The normalized spacial score (nSPS) is 15.6. The summed E-state index contributed by atoms with van der Waals surface area (Å²) in [5.74, 6) is 1.84. The topological polar surface area (TPSA) is 78.3 Å². The highest BCUT2D eigenvalue weighted by atomic mass is 32.1. The van der Waals surface area contributed by atoms with Crippen LogP contribution in [-0.2, 0) is 4.79 Å². The van der Waals surface area contributed by atoms with E-state index in [0.29, 0.717) is 18.0 Å². The van der Waals surface area contributed by atoms with Crippen LogP contribution in [0.1, 0.15) is 34.7 Å². The molecule has 0 spiro atoms. The third-order valence-corrected chi connectivity index (χ3v) is 6.62. The summed E-state index contributed by atoms with van der Waals surface area (Å²) < 4.78 is 13.9. The largest absolute Gasteiger partial charge is 0.497 e. The summed E-state index contributed by atoms with van der Waals surface area (Å²) in [5.41, 5.74) is 4.82. The number of ether oxygens (including phenoxy) is 2. The van der Waals surface area contributed by atoms with Crippen LogP contribution in [0.2, 0.25) is 0 Å². The van der Waals surface area contributed by atoms with E-state index in [1.165, 1.54) is 5.56 Å². The Morgan fingerprint density at radius 1 is 1.13 bits per heavy atom. The maximum Gasteiger partial charge on any atom is 0.226 e. The minimum atomic E-state index is -0.195. The third-order valence-electron chi connectivity index (χ3n) is 5.63. The number of anilines is 1. The number of methoxy groups -OCH3 is 2. The van der Waals surface area contributed by atoms with E-state index in [-0.39, 0.29) is 11.8 Å². The van der Waals surface area contributed by atoms with Crippen LogP contribution in [0.5, 0.6) is 11.5 Å². The second-order valence-electron chi connectivity index (χ2n) is 7.64. The Morgan fingerprint density at radius 3 is 2.74 bits per heavy atom. The van der Waals surface area contributed by atoms with Crippen LogP contribution < -0.4 is 14.8 Å². The fraction of sp³-hybridized carbons (Fsp3) is 0.261. The molecular formula is C23H22N4O3S. The predicted octanol–water partition coefficient (Wildman–Crippen LogP) is 4.59. The van der Waals surface area contributed by atoms with Crippen LogP contribution >= 0.6 is 11.3 Å². The Hall–Kier alpha value is -3.39. The first-order chi connectivity index (χ1) is 15.0. The van der Waals surface area contributed by atoms with Crippen molar-refractivity contribution in [2.45, 2.75) is 26.2 Å². The number of nitrogens with zero attached hydrogens (tertiary/aromatic N) is 3. The van der Waals surface area contributed by atoms with Crippen LogP contribution in [0.3, 0.4) is 0 Å². The van der Waals surface area contributed by atoms with Crippen LogP contribution in [0.4, 0.5) is 5.82 Å². The van der Waals surface area contributed by atoms with Crippen molar-refractivity contribution < 1.29 is 14.3 Å². The number of nitrogens with one attached hydrogen (secondary N) is 1. The van der Waals surface area contributed by atoms with Crippen molar-refractivity contribution >= 4 is 33.3 Å². The fourth-order valence-electron chi connectivity index (χ4n) is 4.17. The summed E-state index contributed by atoms with van der Waals surface area (Å²) in [5, 5.41) is 8.52. The minimum absolute atomic E-state index is 0.0690. The highest BCUT2D eigenvalue weighted by Crippen LogP contribution is 2.44. The molecule has 4 aromatic rings. The van der Waals surface area contributed by atoms with E-state index in [2.05, 4.69) is 18.3 Å². The smallest absolute Gasteiger partial charge is 0.226 e. The standard InChI is InChI=1S/C23H22N4O3S/c1-12-5-7-17-19(9-12)31-23(24-17)27-22-21(13(2)26-27)16(11-20(28)25-22)15-10-14(29-3)6-8-18(15)30-4/h5-10,16H,11H2,1-4H3,(H,25,28)/t16-/m1/s1. The van der Waals surface area contributed by atoms with Crippen LogP contribution in [0.15, 0.2) is 36.4 Å². The van der Waals surface area contributed by atoms with Crippen molar-refractivity contribution in [3.05, 3.63) is 58.8 Å². The van der Waals surface area contributed by atoms with Gasteiger partial charge in [-0.25, -0.2) is 4.98 Å². The summed E-state index contributed by atoms with van der Waals surface area (Å²) in [6.45, 7) is 4.02. The molecule has 2 aromatic carbocycles. The Labute approximate surface area is 183 Å². The molecular weight excluding hydrogens is 412 g/mol. The summed E-state index contributed by atoms with van der Waals surface area (Å²) in [6, 6.07) is 11.8. The van der Waals surface area contributed by atoms with Crippen LogP contribution in [0, 0.1) is 13.8 Å². The van der Waals surface area contributed by atoms with Gasteiger partial charge < -0.3 is 14.8 Å². The molecule has 1 atom stereocenters. The van der Waals surface area contributed by atoms with Crippen molar-refractivity contribution in [3.63, 3.8) is 0 Å². The van der Waals surface area contributed by atoms with Gasteiger partial charge in [-0.3, -0.25) is 4.79 Å². The van der Waals surface area contributed by atoms with E-state index in [1.807, 2.05) is 37.3 Å². The number of aryl methyl sites for hydroxylation is 2. The molecule has 31 heavy (non-hydrogen) atoms. The zero-order chi connectivity index (χ0) is 21.7. The number of hydrogen-bond donors (Lipinski definition) is 1. The molecule has 0 radical (unpaired) electrons. The molecule has 0 bridgehead atoms. The molecule has 1 aliphatic heterocycles. The van der Waals surface area contributed by atoms with Gasteiger partial charge in [0.05, 0.1) is 30.1 Å². The Morgan fingerprint density at radius 2 is 1.97 bits per heavy atom.